The fourth-order valence-electron chi connectivity index (χ4n) is 4.41. The zero-order valence-electron chi connectivity index (χ0n) is 18.0. The summed E-state index contributed by atoms with van der Waals surface area (Å²) in [5, 5.41) is 13.1. The second-order valence-electron chi connectivity index (χ2n) is 8.59. The number of alkyl halides is 2. The summed E-state index contributed by atoms with van der Waals surface area (Å²) in [6.07, 6.45) is 0.0963. The first-order valence-corrected chi connectivity index (χ1v) is 10.7. The molecule has 168 valence electrons. The van der Waals surface area contributed by atoms with Crippen molar-refractivity contribution >= 4 is 22.6 Å². The summed E-state index contributed by atoms with van der Waals surface area (Å²) in [5.74, 6) is -3.50. The standard InChI is InChI=1S/C25H25F2NO4/c1-14-11-18(15(2)28-20-6-4-3-5-17(20)24(30)31)23-19(12-14)21(29)13-22(32-23)16-7-9-25(26,27)10-8-16/h3-6,11-13,15-16,28H,7-10H2,1-2H3,(H,30,31)/t15-/m1/s1. The lowest BCUT2D eigenvalue weighted by molar-refractivity contribution is -0.0395. The molecule has 1 heterocycles. The first-order chi connectivity index (χ1) is 15.1. The van der Waals surface area contributed by atoms with Crippen LogP contribution >= 0.6 is 0 Å². The molecule has 1 aromatic heterocycles. The van der Waals surface area contributed by atoms with Gasteiger partial charge >= 0.3 is 5.97 Å². The Morgan fingerprint density at radius 2 is 1.88 bits per heavy atom. The number of carboxylic acids is 1. The van der Waals surface area contributed by atoms with Gasteiger partial charge in [-0.25, -0.2) is 13.6 Å². The number of aromatic carboxylic acids is 1. The van der Waals surface area contributed by atoms with Crippen molar-refractivity contribution in [3.05, 3.63) is 75.1 Å². The van der Waals surface area contributed by atoms with E-state index in [1.54, 1.807) is 24.3 Å². The van der Waals surface area contributed by atoms with Crippen LogP contribution < -0.4 is 10.7 Å². The van der Waals surface area contributed by atoms with E-state index in [-0.39, 0.29) is 48.6 Å². The van der Waals surface area contributed by atoms with Crippen LogP contribution in [-0.4, -0.2) is 17.0 Å². The van der Waals surface area contributed by atoms with Crippen molar-refractivity contribution in [3.8, 4) is 0 Å². The van der Waals surface area contributed by atoms with Crippen LogP contribution in [0.3, 0.4) is 0 Å². The molecule has 0 aliphatic heterocycles. The Labute approximate surface area is 184 Å². The molecule has 0 amide bonds. The minimum Gasteiger partial charge on any atom is -0.478 e. The molecule has 2 aromatic carbocycles. The van der Waals surface area contributed by atoms with Crippen LogP contribution in [0.15, 0.2) is 51.7 Å². The number of hydrogen-bond donors (Lipinski definition) is 2. The summed E-state index contributed by atoms with van der Waals surface area (Å²) in [6.45, 7) is 3.73. The third-order valence-electron chi connectivity index (χ3n) is 6.14. The van der Waals surface area contributed by atoms with Gasteiger partial charge in [0, 0.05) is 36.1 Å². The largest absolute Gasteiger partial charge is 0.478 e. The Morgan fingerprint density at radius 1 is 1.19 bits per heavy atom. The third kappa shape index (κ3) is 4.38. The number of carbonyl (C=O) groups is 1. The number of halogens is 2. The van der Waals surface area contributed by atoms with Gasteiger partial charge in [-0.3, -0.25) is 4.79 Å². The van der Waals surface area contributed by atoms with Crippen molar-refractivity contribution in [2.75, 3.05) is 5.32 Å². The number of aryl methyl sites for hydroxylation is 1. The average Bonchev–Trinajstić information content (AvgIpc) is 2.74. The summed E-state index contributed by atoms with van der Waals surface area (Å²) in [4.78, 5) is 24.5. The van der Waals surface area contributed by atoms with Gasteiger partial charge in [-0.1, -0.05) is 18.2 Å². The number of carboxylic acid groups (broad SMARTS) is 1. The van der Waals surface area contributed by atoms with Crippen LogP contribution in [-0.2, 0) is 0 Å². The van der Waals surface area contributed by atoms with Crippen LogP contribution in [0.2, 0.25) is 0 Å². The van der Waals surface area contributed by atoms with Gasteiger partial charge in [0.1, 0.15) is 11.3 Å². The number of rotatable bonds is 5. The molecule has 5 nitrogen and oxygen atoms in total. The maximum absolute atomic E-state index is 13.6. The van der Waals surface area contributed by atoms with E-state index in [0.717, 1.165) is 5.56 Å². The number of nitrogens with one attached hydrogen (secondary N) is 1. The Hall–Kier alpha value is -3.22. The van der Waals surface area contributed by atoms with Gasteiger partial charge in [0.2, 0.25) is 5.92 Å². The molecule has 1 atom stereocenters. The van der Waals surface area contributed by atoms with Crippen molar-refractivity contribution < 1.29 is 23.1 Å². The molecule has 1 fully saturated rings. The SMILES string of the molecule is Cc1cc([C@@H](C)Nc2ccccc2C(=O)O)c2oc(C3CCC(F)(F)CC3)cc(=O)c2c1. The van der Waals surface area contributed by atoms with Crippen LogP contribution in [0.25, 0.3) is 11.0 Å². The van der Waals surface area contributed by atoms with E-state index in [1.165, 1.54) is 12.1 Å². The van der Waals surface area contributed by atoms with Gasteiger partial charge in [0.15, 0.2) is 5.43 Å². The van der Waals surface area contributed by atoms with E-state index in [9.17, 15) is 23.5 Å². The molecule has 0 bridgehead atoms. The minimum absolute atomic E-state index is 0.140. The van der Waals surface area contributed by atoms with E-state index in [1.807, 2.05) is 19.9 Å². The highest BCUT2D eigenvalue weighted by Gasteiger charge is 2.36. The first kappa shape index (κ1) is 22.0. The molecule has 0 spiro atoms. The van der Waals surface area contributed by atoms with Gasteiger partial charge in [0.25, 0.3) is 0 Å². The van der Waals surface area contributed by atoms with Crippen LogP contribution in [0.4, 0.5) is 14.5 Å². The Balaban J connectivity index is 1.75. The fraction of sp³-hybridized carbons (Fsp3) is 0.360. The number of fused-ring (bicyclic) bond motifs is 1. The quantitative estimate of drug-likeness (QED) is 0.488. The molecule has 1 saturated carbocycles. The highest BCUT2D eigenvalue weighted by molar-refractivity contribution is 5.94. The van der Waals surface area contributed by atoms with Gasteiger partial charge in [-0.05, 0) is 50.5 Å². The number of anilines is 1. The third-order valence-corrected chi connectivity index (χ3v) is 6.14. The molecule has 2 N–H and O–H groups in total. The van der Waals surface area contributed by atoms with E-state index in [2.05, 4.69) is 5.32 Å². The normalized spacial score (nSPS) is 17.2. The fourth-order valence-corrected chi connectivity index (χ4v) is 4.41. The van der Waals surface area contributed by atoms with Gasteiger partial charge in [-0.2, -0.15) is 0 Å². The molecule has 1 aliphatic carbocycles. The maximum Gasteiger partial charge on any atom is 0.337 e. The summed E-state index contributed by atoms with van der Waals surface area (Å²) < 4.78 is 33.4. The maximum atomic E-state index is 13.6. The molecule has 4 rings (SSSR count). The van der Waals surface area contributed by atoms with Crippen molar-refractivity contribution in [2.24, 2.45) is 0 Å². The second-order valence-corrected chi connectivity index (χ2v) is 8.59. The molecular weight excluding hydrogens is 416 g/mol. The topological polar surface area (TPSA) is 79.5 Å². The molecule has 0 unspecified atom stereocenters. The van der Waals surface area contributed by atoms with Crippen LogP contribution in [0.5, 0.6) is 0 Å². The number of para-hydroxylation sites is 1. The minimum atomic E-state index is -2.66. The van der Waals surface area contributed by atoms with E-state index >= 15 is 0 Å². The van der Waals surface area contributed by atoms with Gasteiger partial charge in [0.05, 0.1) is 17.0 Å². The van der Waals surface area contributed by atoms with Crippen molar-refractivity contribution in [1.29, 1.82) is 0 Å². The summed E-state index contributed by atoms with van der Waals surface area (Å²) in [5.41, 5.74) is 2.37. The van der Waals surface area contributed by atoms with Crippen molar-refractivity contribution in [2.45, 2.75) is 57.4 Å². The molecule has 3 aromatic rings. The molecule has 32 heavy (non-hydrogen) atoms. The predicted molar refractivity (Wildman–Crippen MR) is 119 cm³/mol. The summed E-state index contributed by atoms with van der Waals surface area (Å²) in [7, 11) is 0. The van der Waals surface area contributed by atoms with E-state index < -0.39 is 11.9 Å². The highest BCUT2D eigenvalue weighted by atomic mass is 19.3. The van der Waals surface area contributed by atoms with E-state index in [0.29, 0.717) is 28.0 Å². The monoisotopic (exact) mass is 441 g/mol. The highest BCUT2D eigenvalue weighted by Crippen LogP contribution is 2.41. The van der Waals surface area contributed by atoms with Gasteiger partial charge < -0.3 is 14.8 Å². The summed E-state index contributed by atoms with van der Waals surface area (Å²) >= 11 is 0. The molecule has 1 aliphatic rings. The van der Waals surface area contributed by atoms with Crippen LogP contribution in [0, 0.1) is 6.92 Å². The number of benzene rings is 2. The van der Waals surface area contributed by atoms with Gasteiger partial charge in [-0.15, -0.1) is 0 Å². The first-order valence-electron chi connectivity index (χ1n) is 10.7. The average molecular weight is 441 g/mol. The lowest BCUT2D eigenvalue weighted by Gasteiger charge is -2.27. The molecule has 7 heteroatoms. The summed E-state index contributed by atoms with van der Waals surface area (Å²) in [6, 6.07) is 11.3. The molecule has 0 radical (unpaired) electrons. The van der Waals surface area contributed by atoms with Crippen molar-refractivity contribution in [1.82, 2.24) is 0 Å². The molecule has 0 saturated heterocycles. The lowest BCUT2D eigenvalue weighted by atomic mass is 9.85. The predicted octanol–water partition coefficient (Wildman–Crippen LogP) is 6.27. The Kier molecular flexibility index (Phi) is 5.75. The smallest absolute Gasteiger partial charge is 0.337 e. The van der Waals surface area contributed by atoms with E-state index in [4.69, 9.17) is 4.42 Å². The molecular formula is C25H25F2NO4. The zero-order chi connectivity index (χ0) is 23.0. The zero-order valence-corrected chi connectivity index (χ0v) is 18.0. The second kappa shape index (κ2) is 8.37. The number of hydrogen-bond acceptors (Lipinski definition) is 4. The van der Waals surface area contributed by atoms with Crippen molar-refractivity contribution in [3.63, 3.8) is 0 Å². The lowest BCUT2D eigenvalue weighted by Crippen LogP contribution is -2.24. The van der Waals surface area contributed by atoms with Crippen LogP contribution in [0.1, 0.15) is 71.8 Å². The Morgan fingerprint density at radius 3 is 2.56 bits per heavy atom. The Bertz CT molecular complexity index is 1220.